The number of aryl methyl sites for hydroxylation is 1. The standard InChI is InChI=1S/C21H27N3O2/c1-4-5-13-22-21(26)17-9-11-18(12-10-17)23-14-20(25)24-19-8-6-7-15(2)16(19)3/h6-12,23H,4-5,13-14H2,1-3H3,(H,22,26)(H,24,25). The van der Waals surface area contributed by atoms with Crippen LogP contribution in [0.1, 0.15) is 41.3 Å². The Balaban J connectivity index is 1.84. The molecule has 0 saturated heterocycles. The second-order valence-electron chi connectivity index (χ2n) is 6.34. The molecule has 2 aromatic rings. The molecule has 2 aromatic carbocycles. The molecule has 0 aromatic heterocycles. The molecule has 2 amide bonds. The van der Waals surface area contributed by atoms with Crippen LogP contribution in [0.15, 0.2) is 42.5 Å². The summed E-state index contributed by atoms with van der Waals surface area (Å²) in [7, 11) is 0. The van der Waals surface area contributed by atoms with Gasteiger partial charge in [0.25, 0.3) is 5.91 Å². The van der Waals surface area contributed by atoms with Crippen LogP contribution in [0.25, 0.3) is 0 Å². The van der Waals surface area contributed by atoms with Crippen molar-refractivity contribution in [2.75, 3.05) is 23.7 Å². The maximum atomic E-state index is 12.1. The molecular weight excluding hydrogens is 326 g/mol. The first kappa shape index (κ1) is 19.5. The predicted octanol–water partition coefficient (Wildman–Crippen LogP) is 3.88. The fourth-order valence-corrected chi connectivity index (χ4v) is 2.48. The van der Waals surface area contributed by atoms with Gasteiger partial charge in [0.05, 0.1) is 6.54 Å². The number of carbonyl (C=O) groups is 2. The summed E-state index contributed by atoms with van der Waals surface area (Å²) < 4.78 is 0. The molecule has 0 fully saturated rings. The number of unbranched alkanes of at least 4 members (excludes halogenated alkanes) is 1. The van der Waals surface area contributed by atoms with E-state index in [1.165, 1.54) is 0 Å². The molecule has 0 aliphatic carbocycles. The molecule has 26 heavy (non-hydrogen) atoms. The zero-order valence-corrected chi connectivity index (χ0v) is 15.7. The normalized spacial score (nSPS) is 10.3. The number of carbonyl (C=O) groups excluding carboxylic acids is 2. The van der Waals surface area contributed by atoms with Crippen LogP contribution in [-0.2, 0) is 4.79 Å². The average molecular weight is 353 g/mol. The molecule has 2 rings (SSSR count). The lowest BCUT2D eigenvalue weighted by Crippen LogP contribution is -2.24. The first-order chi connectivity index (χ1) is 12.5. The largest absolute Gasteiger partial charge is 0.376 e. The van der Waals surface area contributed by atoms with Gasteiger partial charge in [-0.1, -0.05) is 25.5 Å². The third-order valence-corrected chi connectivity index (χ3v) is 4.29. The molecule has 0 unspecified atom stereocenters. The van der Waals surface area contributed by atoms with E-state index in [-0.39, 0.29) is 18.4 Å². The van der Waals surface area contributed by atoms with E-state index in [2.05, 4.69) is 22.9 Å². The van der Waals surface area contributed by atoms with Crippen LogP contribution in [-0.4, -0.2) is 24.9 Å². The van der Waals surface area contributed by atoms with Gasteiger partial charge in [0, 0.05) is 23.5 Å². The molecule has 0 heterocycles. The van der Waals surface area contributed by atoms with Gasteiger partial charge in [-0.05, 0) is 61.7 Å². The second-order valence-corrected chi connectivity index (χ2v) is 6.34. The van der Waals surface area contributed by atoms with Crippen LogP contribution < -0.4 is 16.0 Å². The van der Waals surface area contributed by atoms with E-state index >= 15 is 0 Å². The van der Waals surface area contributed by atoms with E-state index < -0.39 is 0 Å². The lowest BCUT2D eigenvalue weighted by Gasteiger charge is -2.11. The maximum absolute atomic E-state index is 12.1. The van der Waals surface area contributed by atoms with Gasteiger partial charge >= 0.3 is 0 Å². The monoisotopic (exact) mass is 353 g/mol. The van der Waals surface area contributed by atoms with Crippen LogP contribution in [0.2, 0.25) is 0 Å². The van der Waals surface area contributed by atoms with Gasteiger partial charge in [-0.3, -0.25) is 9.59 Å². The molecule has 0 bridgehead atoms. The summed E-state index contributed by atoms with van der Waals surface area (Å²) in [5, 5.41) is 8.87. The summed E-state index contributed by atoms with van der Waals surface area (Å²) in [5.41, 5.74) is 4.46. The summed E-state index contributed by atoms with van der Waals surface area (Å²) in [6.45, 7) is 6.94. The third-order valence-electron chi connectivity index (χ3n) is 4.29. The van der Waals surface area contributed by atoms with Crippen LogP contribution in [0, 0.1) is 13.8 Å². The first-order valence-corrected chi connectivity index (χ1v) is 8.99. The number of hydrogen-bond acceptors (Lipinski definition) is 3. The van der Waals surface area contributed by atoms with E-state index in [0.717, 1.165) is 35.3 Å². The van der Waals surface area contributed by atoms with E-state index in [1.54, 1.807) is 24.3 Å². The number of hydrogen-bond donors (Lipinski definition) is 3. The van der Waals surface area contributed by atoms with Crippen molar-refractivity contribution in [1.82, 2.24) is 5.32 Å². The van der Waals surface area contributed by atoms with Gasteiger partial charge in [-0.15, -0.1) is 0 Å². The van der Waals surface area contributed by atoms with Crippen molar-refractivity contribution >= 4 is 23.2 Å². The van der Waals surface area contributed by atoms with Crippen LogP contribution in [0.3, 0.4) is 0 Å². The fourth-order valence-electron chi connectivity index (χ4n) is 2.48. The lowest BCUT2D eigenvalue weighted by molar-refractivity contribution is -0.114. The first-order valence-electron chi connectivity index (χ1n) is 8.99. The Labute approximate surface area is 155 Å². The molecular formula is C21H27N3O2. The Kier molecular flexibility index (Phi) is 7.21. The number of amides is 2. The second kappa shape index (κ2) is 9.61. The number of nitrogens with one attached hydrogen (secondary N) is 3. The Bertz CT molecular complexity index is 754. The van der Waals surface area contributed by atoms with Crippen molar-refractivity contribution in [2.24, 2.45) is 0 Å². The Morgan fingerprint density at radius 3 is 2.42 bits per heavy atom. The topological polar surface area (TPSA) is 70.2 Å². The lowest BCUT2D eigenvalue weighted by atomic mass is 10.1. The van der Waals surface area contributed by atoms with Gasteiger partial charge in [-0.25, -0.2) is 0 Å². The van der Waals surface area contributed by atoms with Gasteiger partial charge in [0.1, 0.15) is 0 Å². The number of benzene rings is 2. The molecule has 0 atom stereocenters. The van der Waals surface area contributed by atoms with Crippen molar-refractivity contribution in [3.63, 3.8) is 0 Å². The molecule has 5 nitrogen and oxygen atoms in total. The molecule has 0 spiro atoms. The fraction of sp³-hybridized carbons (Fsp3) is 0.333. The van der Waals surface area contributed by atoms with E-state index in [1.807, 2.05) is 32.0 Å². The maximum Gasteiger partial charge on any atom is 0.251 e. The van der Waals surface area contributed by atoms with E-state index in [9.17, 15) is 9.59 Å². The van der Waals surface area contributed by atoms with Crippen molar-refractivity contribution in [3.8, 4) is 0 Å². The molecule has 0 radical (unpaired) electrons. The summed E-state index contributed by atoms with van der Waals surface area (Å²) in [6, 6.07) is 13.0. The zero-order valence-electron chi connectivity index (χ0n) is 15.7. The minimum absolute atomic E-state index is 0.0716. The quantitative estimate of drug-likeness (QED) is 0.631. The minimum Gasteiger partial charge on any atom is -0.376 e. The average Bonchev–Trinajstić information content (AvgIpc) is 2.64. The Morgan fingerprint density at radius 1 is 1.00 bits per heavy atom. The SMILES string of the molecule is CCCCNC(=O)c1ccc(NCC(=O)Nc2cccc(C)c2C)cc1. The Hall–Kier alpha value is -2.82. The van der Waals surface area contributed by atoms with Gasteiger partial charge < -0.3 is 16.0 Å². The molecule has 0 aliphatic rings. The molecule has 0 aliphatic heterocycles. The van der Waals surface area contributed by atoms with E-state index in [0.29, 0.717) is 12.1 Å². The van der Waals surface area contributed by atoms with Gasteiger partial charge in [-0.2, -0.15) is 0 Å². The highest BCUT2D eigenvalue weighted by atomic mass is 16.2. The molecule has 5 heteroatoms. The number of rotatable bonds is 8. The summed E-state index contributed by atoms with van der Waals surface area (Å²) in [5.74, 6) is -0.183. The Morgan fingerprint density at radius 2 is 1.73 bits per heavy atom. The molecule has 0 saturated carbocycles. The third kappa shape index (κ3) is 5.62. The van der Waals surface area contributed by atoms with Crippen LogP contribution >= 0.6 is 0 Å². The highest BCUT2D eigenvalue weighted by Crippen LogP contribution is 2.18. The van der Waals surface area contributed by atoms with Crippen molar-refractivity contribution in [3.05, 3.63) is 59.2 Å². The van der Waals surface area contributed by atoms with E-state index in [4.69, 9.17) is 0 Å². The number of anilines is 2. The highest BCUT2D eigenvalue weighted by Gasteiger charge is 2.07. The van der Waals surface area contributed by atoms with Crippen LogP contribution in [0.5, 0.6) is 0 Å². The van der Waals surface area contributed by atoms with Crippen LogP contribution in [0.4, 0.5) is 11.4 Å². The summed E-state index contributed by atoms with van der Waals surface area (Å²) >= 11 is 0. The van der Waals surface area contributed by atoms with Crippen molar-refractivity contribution in [2.45, 2.75) is 33.6 Å². The zero-order chi connectivity index (χ0) is 18.9. The van der Waals surface area contributed by atoms with Crippen molar-refractivity contribution in [1.29, 1.82) is 0 Å². The summed E-state index contributed by atoms with van der Waals surface area (Å²) in [6.07, 6.45) is 2.02. The molecule has 3 N–H and O–H groups in total. The van der Waals surface area contributed by atoms with Gasteiger partial charge in [0.15, 0.2) is 0 Å². The smallest absolute Gasteiger partial charge is 0.251 e. The van der Waals surface area contributed by atoms with Gasteiger partial charge in [0.2, 0.25) is 5.91 Å². The predicted molar refractivity (Wildman–Crippen MR) is 107 cm³/mol. The summed E-state index contributed by atoms with van der Waals surface area (Å²) in [4.78, 5) is 24.1. The highest BCUT2D eigenvalue weighted by molar-refractivity contribution is 5.95. The molecule has 138 valence electrons. The minimum atomic E-state index is -0.111. The van der Waals surface area contributed by atoms with Crippen molar-refractivity contribution < 1.29 is 9.59 Å².